The third-order valence-corrected chi connectivity index (χ3v) is 4.25. The number of imidazole rings is 1. The minimum Gasteiger partial charge on any atom is -0.333 e. The summed E-state index contributed by atoms with van der Waals surface area (Å²) in [6.45, 7) is 2.79. The van der Waals surface area contributed by atoms with E-state index in [4.69, 9.17) is 5.73 Å². The van der Waals surface area contributed by atoms with Crippen LogP contribution in [0.3, 0.4) is 0 Å². The van der Waals surface area contributed by atoms with Gasteiger partial charge >= 0.3 is 0 Å². The maximum absolute atomic E-state index is 14.1. The van der Waals surface area contributed by atoms with Crippen molar-refractivity contribution in [3.8, 4) is 0 Å². The van der Waals surface area contributed by atoms with Crippen molar-refractivity contribution in [1.82, 2.24) is 14.5 Å². The van der Waals surface area contributed by atoms with Gasteiger partial charge in [0.25, 0.3) is 0 Å². The quantitative estimate of drug-likeness (QED) is 0.934. The Morgan fingerprint density at radius 2 is 2.25 bits per heavy atom. The lowest BCUT2D eigenvalue weighted by atomic mass is 10.0. The second-order valence-corrected chi connectivity index (χ2v) is 5.84. The van der Waals surface area contributed by atoms with Gasteiger partial charge in [0.15, 0.2) is 0 Å². The molecule has 1 atom stereocenters. The molecular weight excluding hydrogens is 323 g/mol. The SMILES string of the molecule is NCC(c1cc(Br)ccc1F)N1CCn2ccnc2C1. The van der Waals surface area contributed by atoms with Crippen LogP contribution in [0.2, 0.25) is 0 Å². The Morgan fingerprint density at radius 1 is 1.40 bits per heavy atom. The predicted molar refractivity (Wildman–Crippen MR) is 78.5 cm³/mol. The molecule has 0 saturated heterocycles. The van der Waals surface area contributed by atoms with E-state index in [-0.39, 0.29) is 11.9 Å². The average molecular weight is 339 g/mol. The molecule has 0 aliphatic carbocycles. The molecule has 0 saturated carbocycles. The Bertz CT molecular complexity index is 613. The second-order valence-electron chi connectivity index (χ2n) is 4.92. The summed E-state index contributed by atoms with van der Waals surface area (Å²) in [6.07, 6.45) is 3.78. The summed E-state index contributed by atoms with van der Waals surface area (Å²) in [5.41, 5.74) is 6.54. The molecule has 0 bridgehead atoms. The fraction of sp³-hybridized carbons (Fsp3) is 0.357. The molecule has 2 aromatic rings. The average Bonchev–Trinajstić information content (AvgIpc) is 2.91. The van der Waals surface area contributed by atoms with E-state index in [1.165, 1.54) is 6.07 Å². The second kappa shape index (κ2) is 5.63. The summed E-state index contributed by atoms with van der Waals surface area (Å²) in [6, 6.07) is 4.87. The summed E-state index contributed by atoms with van der Waals surface area (Å²) in [7, 11) is 0. The fourth-order valence-electron chi connectivity index (χ4n) is 2.70. The Balaban J connectivity index is 1.89. The molecule has 3 rings (SSSR count). The molecule has 4 nitrogen and oxygen atoms in total. The highest BCUT2D eigenvalue weighted by atomic mass is 79.9. The normalized spacial score (nSPS) is 16.9. The van der Waals surface area contributed by atoms with Crippen LogP contribution in [0.15, 0.2) is 35.1 Å². The zero-order chi connectivity index (χ0) is 14.1. The molecule has 1 aliphatic heterocycles. The summed E-state index contributed by atoms with van der Waals surface area (Å²) in [5, 5.41) is 0. The van der Waals surface area contributed by atoms with Crippen molar-refractivity contribution in [1.29, 1.82) is 0 Å². The van der Waals surface area contributed by atoms with Crippen LogP contribution in [0, 0.1) is 5.82 Å². The molecule has 20 heavy (non-hydrogen) atoms. The highest BCUT2D eigenvalue weighted by Gasteiger charge is 2.26. The van der Waals surface area contributed by atoms with Gasteiger partial charge in [-0.3, -0.25) is 4.90 Å². The van der Waals surface area contributed by atoms with E-state index >= 15 is 0 Å². The van der Waals surface area contributed by atoms with E-state index < -0.39 is 0 Å². The summed E-state index contributed by atoms with van der Waals surface area (Å²) >= 11 is 3.39. The number of nitrogens with zero attached hydrogens (tertiary/aromatic N) is 3. The minimum absolute atomic E-state index is 0.127. The first-order valence-electron chi connectivity index (χ1n) is 6.58. The van der Waals surface area contributed by atoms with Gasteiger partial charge < -0.3 is 10.3 Å². The van der Waals surface area contributed by atoms with Gasteiger partial charge in [0, 0.05) is 42.1 Å². The molecule has 1 aliphatic rings. The Hall–Kier alpha value is -1.24. The minimum atomic E-state index is -0.211. The lowest BCUT2D eigenvalue weighted by molar-refractivity contribution is 0.153. The largest absolute Gasteiger partial charge is 0.333 e. The first-order chi connectivity index (χ1) is 9.69. The molecule has 2 N–H and O–H groups in total. The topological polar surface area (TPSA) is 47.1 Å². The standard InChI is InChI=1S/C14H16BrFN4/c15-10-1-2-12(16)11(7-10)13(8-17)20-6-5-19-4-3-18-14(19)9-20/h1-4,7,13H,5-6,8-9,17H2. The molecular formula is C14H16BrFN4. The van der Waals surface area contributed by atoms with Gasteiger partial charge in [0.05, 0.1) is 12.6 Å². The number of aromatic nitrogens is 2. The Morgan fingerprint density at radius 3 is 3.05 bits per heavy atom. The van der Waals surface area contributed by atoms with Crippen molar-refractivity contribution in [2.24, 2.45) is 5.73 Å². The molecule has 0 radical (unpaired) electrons. The molecule has 1 aromatic carbocycles. The number of benzene rings is 1. The van der Waals surface area contributed by atoms with E-state index in [9.17, 15) is 4.39 Å². The smallest absolute Gasteiger partial charge is 0.128 e. The van der Waals surface area contributed by atoms with Crippen molar-refractivity contribution in [2.75, 3.05) is 13.1 Å². The van der Waals surface area contributed by atoms with Gasteiger partial charge in [-0.25, -0.2) is 9.37 Å². The van der Waals surface area contributed by atoms with E-state index in [1.807, 2.05) is 12.3 Å². The summed E-state index contributed by atoms with van der Waals surface area (Å²) < 4.78 is 17.1. The highest BCUT2D eigenvalue weighted by molar-refractivity contribution is 9.10. The first-order valence-corrected chi connectivity index (χ1v) is 7.37. The lowest BCUT2D eigenvalue weighted by Crippen LogP contribution is -2.40. The van der Waals surface area contributed by atoms with Gasteiger partial charge in [-0.2, -0.15) is 0 Å². The van der Waals surface area contributed by atoms with Crippen LogP contribution in [0.1, 0.15) is 17.4 Å². The van der Waals surface area contributed by atoms with Crippen LogP contribution >= 0.6 is 15.9 Å². The Labute approximate surface area is 125 Å². The van der Waals surface area contributed by atoms with E-state index in [2.05, 4.69) is 30.4 Å². The molecule has 0 fully saturated rings. The van der Waals surface area contributed by atoms with Gasteiger partial charge in [-0.05, 0) is 18.2 Å². The number of hydrogen-bond donors (Lipinski definition) is 1. The molecule has 0 amide bonds. The van der Waals surface area contributed by atoms with Crippen molar-refractivity contribution < 1.29 is 4.39 Å². The van der Waals surface area contributed by atoms with Gasteiger partial charge in [-0.15, -0.1) is 0 Å². The van der Waals surface area contributed by atoms with Crippen LogP contribution < -0.4 is 5.73 Å². The summed E-state index contributed by atoms with van der Waals surface area (Å²) in [4.78, 5) is 6.52. The van der Waals surface area contributed by atoms with Gasteiger partial charge in [0.2, 0.25) is 0 Å². The number of nitrogens with two attached hydrogens (primary N) is 1. The Kier molecular flexibility index (Phi) is 3.87. The van der Waals surface area contributed by atoms with Crippen LogP contribution in [-0.4, -0.2) is 27.5 Å². The number of fused-ring (bicyclic) bond motifs is 1. The molecule has 106 valence electrons. The van der Waals surface area contributed by atoms with E-state index in [1.54, 1.807) is 12.3 Å². The van der Waals surface area contributed by atoms with Gasteiger partial charge in [0.1, 0.15) is 11.6 Å². The monoisotopic (exact) mass is 338 g/mol. The third kappa shape index (κ3) is 2.51. The molecule has 1 unspecified atom stereocenters. The number of hydrogen-bond acceptors (Lipinski definition) is 3. The molecule has 6 heteroatoms. The van der Waals surface area contributed by atoms with Crippen LogP contribution in [-0.2, 0) is 13.1 Å². The third-order valence-electron chi connectivity index (χ3n) is 3.76. The maximum atomic E-state index is 14.1. The van der Waals surface area contributed by atoms with Crippen LogP contribution in [0.5, 0.6) is 0 Å². The highest BCUT2D eigenvalue weighted by Crippen LogP contribution is 2.28. The van der Waals surface area contributed by atoms with Crippen LogP contribution in [0.4, 0.5) is 4.39 Å². The fourth-order valence-corrected chi connectivity index (χ4v) is 3.08. The summed E-state index contributed by atoms with van der Waals surface area (Å²) in [5.74, 6) is 0.794. The van der Waals surface area contributed by atoms with Gasteiger partial charge in [-0.1, -0.05) is 15.9 Å². The molecule has 1 aromatic heterocycles. The zero-order valence-corrected chi connectivity index (χ0v) is 12.6. The van der Waals surface area contributed by atoms with Crippen molar-refractivity contribution in [3.63, 3.8) is 0 Å². The maximum Gasteiger partial charge on any atom is 0.128 e. The van der Waals surface area contributed by atoms with E-state index in [0.717, 1.165) is 23.4 Å². The first kappa shape index (κ1) is 13.7. The molecule has 0 spiro atoms. The lowest BCUT2D eigenvalue weighted by Gasteiger charge is -2.34. The predicted octanol–water partition coefficient (Wildman–Crippen LogP) is 2.30. The van der Waals surface area contributed by atoms with Crippen molar-refractivity contribution >= 4 is 15.9 Å². The van der Waals surface area contributed by atoms with Crippen LogP contribution in [0.25, 0.3) is 0 Å². The van der Waals surface area contributed by atoms with E-state index in [0.29, 0.717) is 18.7 Å². The zero-order valence-electron chi connectivity index (χ0n) is 11.0. The number of halogens is 2. The molecule has 2 heterocycles. The number of rotatable bonds is 3. The van der Waals surface area contributed by atoms with Crippen molar-refractivity contribution in [3.05, 3.63) is 52.3 Å². The van der Waals surface area contributed by atoms with Crippen molar-refractivity contribution in [2.45, 2.75) is 19.1 Å².